The van der Waals surface area contributed by atoms with Crippen LogP contribution in [0.2, 0.25) is 0 Å². The van der Waals surface area contributed by atoms with Gasteiger partial charge in [0.25, 0.3) is 5.69 Å². The van der Waals surface area contributed by atoms with E-state index >= 15 is 0 Å². The Bertz CT molecular complexity index is 727. The van der Waals surface area contributed by atoms with E-state index in [9.17, 15) is 18.5 Å². The van der Waals surface area contributed by atoms with E-state index in [4.69, 9.17) is 5.73 Å². The molecule has 0 spiro atoms. The minimum atomic E-state index is -3.94. The lowest BCUT2D eigenvalue weighted by Gasteiger charge is -2.05. The molecule has 0 atom stereocenters. The second-order valence-corrected chi connectivity index (χ2v) is 5.42. The highest BCUT2D eigenvalue weighted by Crippen LogP contribution is 2.24. The van der Waals surface area contributed by atoms with Crippen molar-refractivity contribution in [3.8, 4) is 0 Å². The predicted octanol–water partition coefficient (Wildman–Crippen LogP) is 0.0385. The van der Waals surface area contributed by atoms with E-state index in [1.807, 2.05) is 0 Å². The largest absolute Gasteiger partial charge is 0.393 e. The second-order valence-electron chi connectivity index (χ2n) is 3.65. The van der Waals surface area contributed by atoms with E-state index in [2.05, 4.69) is 19.4 Å². The molecule has 0 saturated heterocycles. The number of anilines is 1. The number of sulfonamides is 1. The van der Waals surface area contributed by atoms with Gasteiger partial charge >= 0.3 is 0 Å². The maximum Gasteiger partial charge on any atom is 0.293 e. The maximum absolute atomic E-state index is 12.0. The number of nitrogen functional groups attached to an aromatic ring is 1. The van der Waals surface area contributed by atoms with Crippen LogP contribution in [0.4, 0.5) is 11.4 Å². The molecule has 1 aromatic heterocycles. The van der Waals surface area contributed by atoms with Crippen molar-refractivity contribution in [1.82, 2.24) is 14.9 Å². The van der Waals surface area contributed by atoms with Crippen LogP contribution < -0.4 is 10.5 Å². The van der Waals surface area contributed by atoms with Crippen LogP contribution in [0.3, 0.4) is 0 Å². The van der Waals surface area contributed by atoms with Gasteiger partial charge in [-0.05, 0) is 12.1 Å². The molecule has 20 heavy (non-hydrogen) atoms. The Morgan fingerprint density at radius 1 is 1.45 bits per heavy atom. The van der Waals surface area contributed by atoms with Crippen LogP contribution in [-0.4, -0.2) is 23.5 Å². The Morgan fingerprint density at radius 2 is 2.20 bits per heavy atom. The number of rotatable bonds is 5. The molecule has 2 rings (SSSR count). The first-order valence-electron chi connectivity index (χ1n) is 5.19. The van der Waals surface area contributed by atoms with Crippen molar-refractivity contribution < 1.29 is 17.9 Å². The molecule has 0 bridgehead atoms. The molecule has 11 heteroatoms. The smallest absolute Gasteiger partial charge is 0.293 e. The van der Waals surface area contributed by atoms with Crippen molar-refractivity contribution in [3.05, 3.63) is 40.5 Å². The molecule has 0 aliphatic carbocycles. The van der Waals surface area contributed by atoms with E-state index in [1.165, 1.54) is 6.07 Å². The fourth-order valence-corrected chi connectivity index (χ4v) is 2.36. The van der Waals surface area contributed by atoms with Crippen molar-refractivity contribution >= 4 is 21.4 Å². The summed E-state index contributed by atoms with van der Waals surface area (Å²) in [5, 5.41) is 14.2. The Balaban J connectivity index is 2.25. The standard InChI is InChI=1S/C9H9N5O5S/c10-7-2-1-6(3-8(7)14(15)16)20(17,18)12-4-9-11-5-19-13-9/h1-3,5,12H,4,10H2. The molecule has 1 aromatic carbocycles. The number of nitrogens with two attached hydrogens (primary N) is 1. The number of hydrogen-bond donors (Lipinski definition) is 2. The van der Waals surface area contributed by atoms with Crippen LogP contribution in [-0.2, 0) is 16.6 Å². The minimum Gasteiger partial charge on any atom is -0.393 e. The Hall–Kier alpha value is -2.53. The van der Waals surface area contributed by atoms with Crippen LogP contribution >= 0.6 is 0 Å². The third kappa shape index (κ3) is 2.89. The predicted molar refractivity (Wildman–Crippen MR) is 65.8 cm³/mol. The lowest BCUT2D eigenvalue weighted by molar-refractivity contribution is -0.384. The lowest BCUT2D eigenvalue weighted by atomic mass is 10.3. The Kier molecular flexibility index (Phi) is 3.63. The molecule has 0 fully saturated rings. The summed E-state index contributed by atoms with van der Waals surface area (Å²) in [6.07, 6.45) is 1.05. The summed E-state index contributed by atoms with van der Waals surface area (Å²) in [7, 11) is -3.94. The summed E-state index contributed by atoms with van der Waals surface area (Å²) >= 11 is 0. The second kappa shape index (κ2) is 5.22. The molecule has 106 valence electrons. The van der Waals surface area contributed by atoms with Gasteiger partial charge < -0.3 is 10.3 Å². The fourth-order valence-electron chi connectivity index (χ4n) is 1.36. The molecule has 0 saturated carbocycles. The quantitative estimate of drug-likeness (QED) is 0.445. The molecule has 3 N–H and O–H groups in total. The van der Waals surface area contributed by atoms with Gasteiger partial charge in [0.15, 0.2) is 5.82 Å². The summed E-state index contributed by atoms with van der Waals surface area (Å²) < 4.78 is 30.5. The molecule has 0 aliphatic rings. The average Bonchev–Trinajstić information content (AvgIpc) is 2.89. The fraction of sp³-hybridized carbons (Fsp3) is 0.111. The van der Waals surface area contributed by atoms with Gasteiger partial charge in [0.1, 0.15) is 5.69 Å². The van der Waals surface area contributed by atoms with Gasteiger partial charge in [0.05, 0.1) is 16.4 Å². The Labute approximate surface area is 112 Å². The number of nitro groups is 1. The van der Waals surface area contributed by atoms with Crippen LogP contribution in [0, 0.1) is 10.1 Å². The first-order chi connectivity index (χ1) is 9.40. The van der Waals surface area contributed by atoms with E-state index in [1.54, 1.807) is 0 Å². The van der Waals surface area contributed by atoms with Crippen molar-refractivity contribution in [2.24, 2.45) is 0 Å². The van der Waals surface area contributed by atoms with Crippen LogP contribution in [0.25, 0.3) is 0 Å². The zero-order chi connectivity index (χ0) is 14.8. The summed E-state index contributed by atoms with van der Waals surface area (Å²) in [6.45, 7) is -0.197. The SMILES string of the molecule is Nc1ccc(S(=O)(=O)NCc2ncon2)cc1[N+](=O)[O-]. The number of aromatic nitrogens is 2. The highest BCUT2D eigenvalue weighted by molar-refractivity contribution is 7.89. The van der Waals surface area contributed by atoms with Gasteiger partial charge in [0.2, 0.25) is 16.4 Å². The van der Waals surface area contributed by atoms with Gasteiger partial charge in [0, 0.05) is 6.07 Å². The number of benzene rings is 1. The zero-order valence-electron chi connectivity index (χ0n) is 9.88. The monoisotopic (exact) mass is 299 g/mol. The van der Waals surface area contributed by atoms with E-state index < -0.39 is 20.6 Å². The molecule has 0 aliphatic heterocycles. The average molecular weight is 299 g/mol. The Morgan fingerprint density at radius 3 is 2.80 bits per heavy atom. The van der Waals surface area contributed by atoms with Crippen molar-refractivity contribution in [2.75, 3.05) is 5.73 Å². The van der Waals surface area contributed by atoms with Crippen molar-refractivity contribution in [1.29, 1.82) is 0 Å². The topological polar surface area (TPSA) is 154 Å². The summed E-state index contributed by atoms with van der Waals surface area (Å²) in [6, 6.07) is 3.20. The summed E-state index contributed by atoms with van der Waals surface area (Å²) in [5.74, 6) is 0.138. The van der Waals surface area contributed by atoms with E-state index in [-0.39, 0.29) is 23.0 Å². The molecule has 0 amide bonds. The van der Waals surface area contributed by atoms with Crippen LogP contribution in [0.1, 0.15) is 5.82 Å². The molecule has 2 aromatic rings. The summed E-state index contributed by atoms with van der Waals surface area (Å²) in [4.78, 5) is 13.3. The highest BCUT2D eigenvalue weighted by atomic mass is 32.2. The summed E-state index contributed by atoms with van der Waals surface area (Å²) in [5.41, 5.74) is 4.80. The molecular formula is C9H9N5O5S. The number of nitrogens with one attached hydrogen (secondary N) is 1. The van der Waals surface area contributed by atoms with Gasteiger partial charge in [-0.25, -0.2) is 13.1 Å². The first-order valence-corrected chi connectivity index (χ1v) is 6.67. The van der Waals surface area contributed by atoms with Crippen LogP contribution in [0.5, 0.6) is 0 Å². The normalized spacial score (nSPS) is 11.4. The minimum absolute atomic E-state index is 0.118. The van der Waals surface area contributed by atoms with Gasteiger partial charge in [-0.15, -0.1) is 0 Å². The third-order valence-electron chi connectivity index (χ3n) is 2.34. The third-order valence-corrected chi connectivity index (χ3v) is 3.74. The molecular weight excluding hydrogens is 290 g/mol. The molecule has 10 nitrogen and oxygen atoms in total. The van der Waals surface area contributed by atoms with Crippen LogP contribution in [0.15, 0.2) is 34.0 Å². The van der Waals surface area contributed by atoms with Gasteiger partial charge in [-0.3, -0.25) is 10.1 Å². The van der Waals surface area contributed by atoms with Gasteiger partial charge in [-0.2, -0.15) is 4.98 Å². The zero-order valence-corrected chi connectivity index (χ0v) is 10.7. The van der Waals surface area contributed by atoms with Crippen molar-refractivity contribution in [3.63, 3.8) is 0 Å². The number of nitro benzene ring substituents is 1. The van der Waals surface area contributed by atoms with E-state index in [0.29, 0.717) is 0 Å². The van der Waals surface area contributed by atoms with Crippen molar-refractivity contribution in [2.45, 2.75) is 11.4 Å². The first kappa shape index (κ1) is 13.9. The van der Waals surface area contributed by atoms with E-state index in [0.717, 1.165) is 18.5 Å². The highest BCUT2D eigenvalue weighted by Gasteiger charge is 2.20. The lowest BCUT2D eigenvalue weighted by Crippen LogP contribution is -2.24. The molecule has 1 heterocycles. The number of nitrogens with zero attached hydrogens (tertiary/aromatic N) is 3. The maximum atomic E-state index is 12.0. The molecule has 0 unspecified atom stereocenters. The number of hydrogen-bond acceptors (Lipinski definition) is 8. The van der Waals surface area contributed by atoms with Gasteiger partial charge in [-0.1, -0.05) is 5.16 Å². The molecule has 0 radical (unpaired) electrons.